The molecule has 0 radical (unpaired) electrons. The quantitative estimate of drug-likeness (QED) is 0.747. The highest BCUT2D eigenvalue weighted by Gasteiger charge is 2.08. The van der Waals surface area contributed by atoms with E-state index in [2.05, 4.69) is 16.2 Å². The zero-order valence-corrected chi connectivity index (χ0v) is 12.9. The van der Waals surface area contributed by atoms with Crippen LogP contribution in [-0.2, 0) is 16.0 Å². The van der Waals surface area contributed by atoms with Crippen LogP contribution in [0.25, 0.3) is 0 Å². The minimum Gasteiger partial charge on any atom is -0.326 e. The fraction of sp³-hybridized carbons (Fsp3) is 0.118. The van der Waals surface area contributed by atoms with Crippen molar-refractivity contribution < 1.29 is 18.8 Å². The zero-order chi connectivity index (χ0) is 17.5. The van der Waals surface area contributed by atoms with E-state index in [1.165, 1.54) is 43.3 Å². The third-order valence-electron chi connectivity index (χ3n) is 3.06. The molecule has 0 aromatic heterocycles. The van der Waals surface area contributed by atoms with Gasteiger partial charge in [-0.1, -0.05) is 12.1 Å². The summed E-state index contributed by atoms with van der Waals surface area (Å²) in [6, 6.07) is 11.7. The van der Waals surface area contributed by atoms with Crippen LogP contribution in [0.1, 0.15) is 22.8 Å². The summed E-state index contributed by atoms with van der Waals surface area (Å²) in [5, 5.41) is 2.59. The Bertz CT molecular complexity index is 743. The van der Waals surface area contributed by atoms with Gasteiger partial charge >= 0.3 is 0 Å². The lowest BCUT2D eigenvalue weighted by atomic mass is 10.1. The minimum absolute atomic E-state index is 0.0159. The van der Waals surface area contributed by atoms with Crippen LogP contribution < -0.4 is 16.2 Å². The van der Waals surface area contributed by atoms with E-state index >= 15 is 0 Å². The summed E-state index contributed by atoms with van der Waals surface area (Å²) in [5.41, 5.74) is 6.10. The van der Waals surface area contributed by atoms with Crippen molar-refractivity contribution in [2.24, 2.45) is 0 Å². The fourth-order valence-electron chi connectivity index (χ4n) is 1.94. The van der Waals surface area contributed by atoms with Crippen LogP contribution in [0.15, 0.2) is 48.5 Å². The molecule has 6 nitrogen and oxygen atoms in total. The van der Waals surface area contributed by atoms with E-state index < -0.39 is 11.8 Å². The molecular formula is C17H16FN3O3. The largest absolute Gasteiger partial charge is 0.326 e. The zero-order valence-electron chi connectivity index (χ0n) is 12.9. The summed E-state index contributed by atoms with van der Waals surface area (Å²) in [6.07, 6.45) is 0.0159. The highest BCUT2D eigenvalue weighted by Crippen LogP contribution is 2.09. The second-order valence-electron chi connectivity index (χ2n) is 5.06. The summed E-state index contributed by atoms with van der Waals surface area (Å²) in [4.78, 5) is 34.6. The number of nitrogens with one attached hydrogen (secondary N) is 3. The van der Waals surface area contributed by atoms with Crippen LogP contribution in [0.5, 0.6) is 0 Å². The van der Waals surface area contributed by atoms with Crippen molar-refractivity contribution in [2.45, 2.75) is 13.3 Å². The molecule has 0 unspecified atom stereocenters. The first kappa shape index (κ1) is 17.1. The molecule has 0 fully saturated rings. The highest BCUT2D eigenvalue weighted by atomic mass is 19.1. The van der Waals surface area contributed by atoms with Gasteiger partial charge in [-0.15, -0.1) is 0 Å². The van der Waals surface area contributed by atoms with Crippen LogP contribution in [-0.4, -0.2) is 17.7 Å². The topological polar surface area (TPSA) is 87.3 Å². The number of halogens is 1. The summed E-state index contributed by atoms with van der Waals surface area (Å²) in [7, 11) is 0. The Morgan fingerprint density at radius 2 is 1.54 bits per heavy atom. The molecule has 0 aliphatic rings. The van der Waals surface area contributed by atoms with Crippen molar-refractivity contribution in [1.82, 2.24) is 10.9 Å². The van der Waals surface area contributed by atoms with Gasteiger partial charge in [-0.2, -0.15) is 0 Å². The molecule has 0 heterocycles. The molecule has 0 saturated carbocycles. The Hall–Kier alpha value is -3.22. The average Bonchev–Trinajstić information content (AvgIpc) is 2.55. The molecule has 0 aliphatic carbocycles. The Balaban J connectivity index is 1.84. The number of rotatable bonds is 4. The summed E-state index contributed by atoms with van der Waals surface area (Å²) >= 11 is 0. The van der Waals surface area contributed by atoms with E-state index in [4.69, 9.17) is 0 Å². The molecule has 0 saturated heterocycles. The normalized spacial score (nSPS) is 9.92. The fourth-order valence-corrected chi connectivity index (χ4v) is 1.94. The molecule has 124 valence electrons. The number of anilines is 1. The van der Waals surface area contributed by atoms with E-state index in [0.717, 1.165) is 0 Å². The van der Waals surface area contributed by atoms with Crippen molar-refractivity contribution in [3.8, 4) is 0 Å². The molecule has 0 bridgehead atoms. The van der Waals surface area contributed by atoms with Crippen molar-refractivity contribution in [3.05, 3.63) is 65.5 Å². The third-order valence-corrected chi connectivity index (χ3v) is 3.06. The molecule has 2 rings (SSSR count). The summed E-state index contributed by atoms with van der Waals surface area (Å²) in [6.45, 7) is 1.39. The minimum atomic E-state index is -0.489. The molecule has 3 amide bonds. The molecule has 0 spiro atoms. The SMILES string of the molecule is CC(=O)Nc1ccc(C(=O)NNC(=O)Cc2ccc(F)cc2)cc1. The van der Waals surface area contributed by atoms with Crippen LogP contribution >= 0.6 is 0 Å². The lowest BCUT2D eigenvalue weighted by Gasteiger charge is -2.08. The van der Waals surface area contributed by atoms with Gasteiger partial charge in [0.2, 0.25) is 11.8 Å². The van der Waals surface area contributed by atoms with Crippen molar-refractivity contribution >= 4 is 23.4 Å². The first-order valence-electron chi connectivity index (χ1n) is 7.15. The van der Waals surface area contributed by atoms with Gasteiger partial charge in [0.25, 0.3) is 5.91 Å². The van der Waals surface area contributed by atoms with Crippen LogP contribution in [0.4, 0.5) is 10.1 Å². The van der Waals surface area contributed by atoms with Crippen molar-refractivity contribution in [2.75, 3.05) is 5.32 Å². The van der Waals surface area contributed by atoms with Gasteiger partial charge in [-0.3, -0.25) is 25.2 Å². The van der Waals surface area contributed by atoms with Crippen LogP contribution in [0.3, 0.4) is 0 Å². The molecule has 0 atom stereocenters. The van der Waals surface area contributed by atoms with E-state index in [1.54, 1.807) is 12.1 Å². The number of hydrogen-bond donors (Lipinski definition) is 3. The highest BCUT2D eigenvalue weighted by molar-refractivity contribution is 5.96. The number of amides is 3. The first-order valence-corrected chi connectivity index (χ1v) is 7.15. The van der Waals surface area contributed by atoms with E-state index in [-0.39, 0.29) is 18.1 Å². The Morgan fingerprint density at radius 1 is 0.917 bits per heavy atom. The number of hydrogen-bond acceptors (Lipinski definition) is 3. The standard InChI is InChI=1S/C17H16FN3O3/c1-11(22)19-15-8-4-13(5-9-15)17(24)21-20-16(23)10-12-2-6-14(18)7-3-12/h2-9H,10H2,1H3,(H,19,22)(H,20,23)(H,21,24). The van der Waals surface area contributed by atoms with Gasteiger partial charge in [0.1, 0.15) is 5.82 Å². The smallest absolute Gasteiger partial charge is 0.269 e. The number of hydrazine groups is 1. The van der Waals surface area contributed by atoms with Gasteiger partial charge < -0.3 is 5.32 Å². The molecule has 24 heavy (non-hydrogen) atoms. The number of carbonyl (C=O) groups excluding carboxylic acids is 3. The maximum Gasteiger partial charge on any atom is 0.269 e. The molecule has 0 aliphatic heterocycles. The van der Waals surface area contributed by atoms with Crippen molar-refractivity contribution in [3.63, 3.8) is 0 Å². The molecule has 2 aromatic rings. The molecule has 3 N–H and O–H groups in total. The molecular weight excluding hydrogens is 313 g/mol. The number of carbonyl (C=O) groups is 3. The summed E-state index contributed by atoms with van der Waals surface area (Å²) in [5.74, 6) is -1.50. The maximum atomic E-state index is 12.8. The Kier molecular flexibility index (Phi) is 5.62. The van der Waals surface area contributed by atoms with Gasteiger partial charge in [0.05, 0.1) is 6.42 Å². The van der Waals surface area contributed by atoms with E-state index in [1.807, 2.05) is 0 Å². The molecule has 7 heteroatoms. The monoisotopic (exact) mass is 329 g/mol. The lowest BCUT2D eigenvalue weighted by Crippen LogP contribution is -2.42. The predicted molar refractivity (Wildman–Crippen MR) is 86.5 cm³/mol. The Labute approximate surface area is 138 Å². The Morgan fingerprint density at radius 3 is 2.12 bits per heavy atom. The molecule has 2 aromatic carbocycles. The van der Waals surface area contributed by atoms with E-state index in [9.17, 15) is 18.8 Å². The number of benzene rings is 2. The third kappa shape index (κ3) is 5.20. The van der Waals surface area contributed by atoms with Crippen molar-refractivity contribution in [1.29, 1.82) is 0 Å². The van der Waals surface area contributed by atoms with Gasteiger partial charge in [0, 0.05) is 18.2 Å². The van der Waals surface area contributed by atoms with Gasteiger partial charge in [-0.25, -0.2) is 4.39 Å². The van der Waals surface area contributed by atoms with Crippen LogP contribution in [0.2, 0.25) is 0 Å². The van der Waals surface area contributed by atoms with Gasteiger partial charge in [0.15, 0.2) is 0 Å². The van der Waals surface area contributed by atoms with Gasteiger partial charge in [-0.05, 0) is 42.0 Å². The second kappa shape index (κ2) is 7.87. The van der Waals surface area contributed by atoms with Crippen LogP contribution in [0, 0.1) is 5.82 Å². The summed E-state index contributed by atoms with van der Waals surface area (Å²) < 4.78 is 12.8. The predicted octanol–water partition coefficient (Wildman–Crippen LogP) is 1.79. The second-order valence-corrected chi connectivity index (χ2v) is 5.06. The maximum absolute atomic E-state index is 12.8. The van der Waals surface area contributed by atoms with E-state index in [0.29, 0.717) is 16.8 Å². The average molecular weight is 329 g/mol. The lowest BCUT2D eigenvalue weighted by molar-refractivity contribution is -0.121. The first-order chi connectivity index (χ1) is 11.4.